The first kappa shape index (κ1) is 18.3. The molecule has 2 aromatic carbocycles. The smallest absolute Gasteiger partial charge is 0.321 e. The van der Waals surface area contributed by atoms with E-state index in [-0.39, 0.29) is 0 Å². The molecular formula is C19H23N3O3. The number of carbonyl (C=O) groups is 2. The first-order valence-corrected chi connectivity index (χ1v) is 8.03. The highest BCUT2D eigenvalue weighted by Crippen LogP contribution is 2.25. The van der Waals surface area contributed by atoms with Gasteiger partial charge in [0.25, 0.3) is 0 Å². The van der Waals surface area contributed by atoms with Crippen LogP contribution in [-0.2, 0) is 11.3 Å². The second kappa shape index (κ2) is 8.73. The second-order valence-electron chi connectivity index (χ2n) is 5.73. The highest BCUT2D eigenvalue weighted by Gasteiger charge is 2.17. The average Bonchev–Trinajstić information content (AvgIpc) is 2.61. The van der Waals surface area contributed by atoms with Gasteiger partial charge in [0.2, 0.25) is 5.91 Å². The Hall–Kier alpha value is -3.02. The summed E-state index contributed by atoms with van der Waals surface area (Å²) in [6.07, 6.45) is 0. The molecule has 0 aromatic heterocycles. The van der Waals surface area contributed by atoms with Crippen LogP contribution in [0.15, 0.2) is 48.5 Å². The number of rotatable bonds is 6. The van der Waals surface area contributed by atoms with Crippen LogP contribution in [0.25, 0.3) is 0 Å². The van der Waals surface area contributed by atoms with Crippen LogP contribution in [0, 0.1) is 6.92 Å². The van der Waals surface area contributed by atoms with Gasteiger partial charge in [-0.2, -0.15) is 0 Å². The van der Waals surface area contributed by atoms with Crippen molar-refractivity contribution < 1.29 is 14.3 Å². The maximum atomic E-state index is 12.2. The summed E-state index contributed by atoms with van der Waals surface area (Å²) >= 11 is 0. The first-order chi connectivity index (χ1) is 12.0. The predicted molar refractivity (Wildman–Crippen MR) is 97.6 cm³/mol. The van der Waals surface area contributed by atoms with Crippen molar-refractivity contribution in [1.29, 1.82) is 0 Å². The Kier molecular flexibility index (Phi) is 6.39. The standard InChI is InChI=1S/C19H23N3O3/c1-13-9-10-17(25-3)16(11-13)21-14(2)18(23)22-19(24)20-12-15-7-5-4-6-8-15/h4-11,14,21H,12H2,1-3H3,(H2,20,22,23,24). The van der Waals surface area contributed by atoms with Gasteiger partial charge in [0, 0.05) is 6.54 Å². The zero-order chi connectivity index (χ0) is 18.2. The van der Waals surface area contributed by atoms with E-state index < -0.39 is 18.0 Å². The highest BCUT2D eigenvalue weighted by atomic mass is 16.5. The molecular weight excluding hydrogens is 318 g/mol. The van der Waals surface area contributed by atoms with Crippen LogP contribution < -0.4 is 20.7 Å². The number of imide groups is 1. The fourth-order valence-corrected chi connectivity index (χ4v) is 2.28. The third-order valence-electron chi connectivity index (χ3n) is 3.65. The van der Waals surface area contributed by atoms with E-state index in [9.17, 15) is 9.59 Å². The number of nitrogens with one attached hydrogen (secondary N) is 3. The molecule has 3 N–H and O–H groups in total. The van der Waals surface area contributed by atoms with E-state index in [2.05, 4.69) is 16.0 Å². The molecule has 25 heavy (non-hydrogen) atoms. The van der Waals surface area contributed by atoms with Crippen molar-refractivity contribution in [3.63, 3.8) is 0 Å². The van der Waals surface area contributed by atoms with Gasteiger partial charge in [0.05, 0.1) is 12.8 Å². The van der Waals surface area contributed by atoms with Gasteiger partial charge in [-0.1, -0.05) is 36.4 Å². The normalized spacial score (nSPS) is 11.3. The van der Waals surface area contributed by atoms with Gasteiger partial charge in [-0.25, -0.2) is 4.79 Å². The molecule has 0 spiro atoms. The number of urea groups is 1. The number of carbonyl (C=O) groups excluding carboxylic acids is 2. The van der Waals surface area contributed by atoms with E-state index >= 15 is 0 Å². The molecule has 0 aliphatic heterocycles. The number of amides is 3. The third-order valence-corrected chi connectivity index (χ3v) is 3.65. The van der Waals surface area contributed by atoms with E-state index in [0.29, 0.717) is 18.0 Å². The maximum absolute atomic E-state index is 12.2. The molecule has 0 fully saturated rings. The molecule has 0 saturated carbocycles. The predicted octanol–water partition coefficient (Wildman–Crippen LogP) is 2.83. The lowest BCUT2D eigenvalue weighted by Gasteiger charge is -2.17. The van der Waals surface area contributed by atoms with Crippen LogP contribution in [0.1, 0.15) is 18.1 Å². The quantitative estimate of drug-likeness (QED) is 0.755. The lowest BCUT2D eigenvalue weighted by Crippen LogP contribution is -2.45. The Morgan fingerprint density at radius 1 is 1.12 bits per heavy atom. The van der Waals surface area contributed by atoms with Gasteiger partial charge in [0.15, 0.2) is 0 Å². The van der Waals surface area contributed by atoms with Crippen molar-refractivity contribution in [2.75, 3.05) is 12.4 Å². The Morgan fingerprint density at radius 3 is 2.52 bits per heavy atom. The molecule has 0 saturated heterocycles. The summed E-state index contributed by atoms with van der Waals surface area (Å²) in [5.74, 6) is 0.216. The fraction of sp³-hybridized carbons (Fsp3) is 0.263. The number of methoxy groups -OCH3 is 1. The summed E-state index contributed by atoms with van der Waals surface area (Å²) in [6, 6.07) is 14.0. The van der Waals surface area contributed by atoms with Crippen molar-refractivity contribution >= 4 is 17.6 Å². The SMILES string of the molecule is COc1ccc(C)cc1NC(C)C(=O)NC(=O)NCc1ccccc1. The Labute approximate surface area is 147 Å². The molecule has 6 heteroatoms. The van der Waals surface area contributed by atoms with Crippen LogP contribution in [0.4, 0.5) is 10.5 Å². The zero-order valence-corrected chi connectivity index (χ0v) is 14.6. The van der Waals surface area contributed by atoms with Crippen molar-refractivity contribution in [1.82, 2.24) is 10.6 Å². The van der Waals surface area contributed by atoms with Gasteiger partial charge in [0.1, 0.15) is 11.8 Å². The Bertz CT molecular complexity index is 732. The molecule has 0 radical (unpaired) electrons. The molecule has 132 valence electrons. The fourth-order valence-electron chi connectivity index (χ4n) is 2.28. The van der Waals surface area contributed by atoms with Gasteiger partial charge in [-0.3, -0.25) is 10.1 Å². The van der Waals surface area contributed by atoms with Crippen LogP contribution in [0.3, 0.4) is 0 Å². The first-order valence-electron chi connectivity index (χ1n) is 8.03. The summed E-state index contributed by atoms with van der Waals surface area (Å²) in [6.45, 7) is 3.99. The third kappa shape index (κ3) is 5.53. The minimum atomic E-state index is -0.599. The van der Waals surface area contributed by atoms with Gasteiger partial charge >= 0.3 is 6.03 Å². The average molecular weight is 341 g/mol. The summed E-state index contributed by atoms with van der Waals surface area (Å²) < 4.78 is 5.28. The molecule has 3 amide bonds. The van der Waals surface area contributed by atoms with E-state index in [1.807, 2.05) is 55.5 Å². The molecule has 0 bridgehead atoms. The molecule has 1 atom stereocenters. The number of benzene rings is 2. The van der Waals surface area contributed by atoms with Crippen LogP contribution in [0.5, 0.6) is 5.75 Å². The highest BCUT2D eigenvalue weighted by molar-refractivity contribution is 5.98. The van der Waals surface area contributed by atoms with E-state index in [4.69, 9.17) is 4.74 Å². The van der Waals surface area contributed by atoms with Gasteiger partial charge in [-0.05, 0) is 37.1 Å². The van der Waals surface area contributed by atoms with Gasteiger partial charge in [-0.15, -0.1) is 0 Å². The number of aryl methyl sites for hydroxylation is 1. The lowest BCUT2D eigenvalue weighted by molar-refractivity contribution is -0.120. The molecule has 6 nitrogen and oxygen atoms in total. The van der Waals surface area contributed by atoms with Crippen LogP contribution >= 0.6 is 0 Å². The Balaban J connectivity index is 1.87. The summed E-state index contributed by atoms with van der Waals surface area (Å²) in [5.41, 5.74) is 2.70. The van der Waals surface area contributed by atoms with Crippen molar-refractivity contribution in [3.05, 3.63) is 59.7 Å². The molecule has 0 aliphatic rings. The summed E-state index contributed by atoms with van der Waals surface area (Å²) in [7, 11) is 1.57. The molecule has 2 rings (SSSR count). The largest absolute Gasteiger partial charge is 0.495 e. The maximum Gasteiger partial charge on any atom is 0.321 e. The van der Waals surface area contributed by atoms with Gasteiger partial charge < -0.3 is 15.4 Å². The number of hydrogen-bond donors (Lipinski definition) is 3. The second-order valence-corrected chi connectivity index (χ2v) is 5.73. The Morgan fingerprint density at radius 2 is 1.84 bits per heavy atom. The van der Waals surface area contributed by atoms with Crippen molar-refractivity contribution in [2.24, 2.45) is 0 Å². The van der Waals surface area contributed by atoms with Crippen LogP contribution in [-0.4, -0.2) is 25.1 Å². The van der Waals surface area contributed by atoms with Crippen molar-refractivity contribution in [2.45, 2.75) is 26.4 Å². The number of ether oxygens (including phenoxy) is 1. The van der Waals surface area contributed by atoms with Crippen LogP contribution in [0.2, 0.25) is 0 Å². The monoisotopic (exact) mass is 341 g/mol. The zero-order valence-electron chi connectivity index (χ0n) is 14.6. The minimum absolute atomic E-state index is 0.355. The van der Waals surface area contributed by atoms with E-state index in [1.54, 1.807) is 14.0 Å². The molecule has 0 heterocycles. The number of anilines is 1. The lowest BCUT2D eigenvalue weighted by atomic mass is 10.2. The van der Waals surface area contributed by atoms with Crippen molar-refractivity contribution in [3.8, 4) is 5.75 Å². The molecule has 1 unspecified atom stereocenters. The molecule has 0 aliphatic carbocycles. The molecule has 2 aromatic rings. The summed E-state index contributed by atoms with van der Waals surface area (Å²) in [4.78, 5) is 24.0. The van der Waals surface area contributed by atoms with E-state index in [1.165, 1.54) is 0 Å². The number of hydrogen-bond acceptors (Lipinski definition) is 4. The summed E-state index contributed by atoms with van der Waals surface area (Å²) in [5, 5.41) is 8.05. The minimum Gasteiger partial charge on any atom is -0.495 e. The topological polar surface area (TPSA) is 79.5 Å². The van der Waals surface area contributed by atoms with E-state index in [0.717, 1.165) is 11.1 Å².